The third kappa shape index (κ3) is 3.37. The summed E-state index contributed by atoms with van der Waals surface area (Å²) in [6.45, 7) is 0.367. The normalized spacial score (nSPS) is 10.4. The van der Waals surface area contributed by atoms with E-state index in [1.54, 1.807) is 30.3 Å². The van der Waals surface area contributed by atoms with Crippen LogP contribution in [-0.2, 0) is 12.5 Å². The summed E-state index contributed by atoms with van der Waals surface area (Å²) < 4.78 is 18.4. The molecule has 0 aliphatic heterocycles. The first-order valence-corrected chi connectivity index (χ1v) is 6.32. The maximum absolute atomic E-state index is 12.7. The Balaban J connectivity index is 2.08. The predicted octanol–water partition coefficient (Wildman–Crippen LogP) is 4.80. The zero-order chi connectivity index (χ0) is 13.0. The van der Waals surface area contributed by atoms with Crippen molar-refractivity contribution >= 4 is 23.2 Å². The van der Waals surface area contributed by atoms with E-state index in [2.05, 4.69) is 0 Å². The molecule has 0 aromatic heterocycles. The minimum Gasteiger partial charge on any atom is -0.489 e. The molecule has 2 aromatic carbocycles. The van der Waals surface area contributed by atoms with Crippen LogP contribution in [0.4, 0.5) is 4.39 Å². The maximum atomic E-state index is 12.7. The molecular weight excluding hydrogens is 274 g/mol. The SMILES string of the molecule is Fc1ccc(COc2ccc(Cl)cc2CCl)cc1. The molecule has 0 N–H and O–H groups in total. The van der Waals surface area contributed by atoms with Gasteiger partial charge in [-0.25, -0.2) is 4.39 Å². The maximum Gasteiger partial charge on any atom is 0.124 e. The number of hydrogen-bond acceptors (Lipinski definition) is 1. The summed E-state index contributed by atoms with van der Waals surface area (Å²) in [7, 11) is 0. The van der Waals surface area contributed by atoms with E-state index in [0.29, 0.717) is 23.3 Å². The van der Waals surface area contributed by atoms with Gasteiger partial charge in [0.1, 0.15) is 18.2 Å². The second kappa shape index (κ2) is 6.07. The number of rotatable bonds is 4. The molecule has 0 aliphatic carbocycles. The van der Waals surface area contributed by atoms with Crippen LogP contribution in [0.5, 0.6) is 5.75 Å². The molecule has 2 rings (SSSR count). The first kappa shape index (κ1) is 13.2. The lowest BCUT2D eigenvalue weighted by atomic mass is 10.2. The topological polar surface area (TPSA) is 9.23 Å². The van der Waals surface area contributed by atoms with Gasteiger partial charge in [-0.2, -0.15) is 0 Å². The van der Waals surface area contributed by atoms with Gasteiger partial charge in [0, 0.05) is 10.6 Å². The fourth-order valence-corrected chi connectivity index (χ4v) is 1.94. The summed E-state index contributed by atoms with van der Waals surface area (Å²) in [5.74, 6) is 0.768. The Morgan fingerprint density at radius 2 is 1.78 bits per heavy atom. The summed E-state index contributed by atoms with van der Waals surface area (Å²) in [4.78, 5) is 0. The largest absolute Gasteiger partial charge is 0.489 e. The van der Waals surface area contributed by atoms with E-state index in [9.17, 15) is 4.39 Å². The van der Waals surface area contributed by atoms with E-state index < -0.39 is 0 Å². The summed E-state index contributed by atoms with van der Waals surface area (Å²) in [6, 6.07) is 11.5. The molecule has 0 unspecified atom stereocenters. The predicted molar refractivity (Wildman–Crippen MR) is 71.7 cm³/mol. The Morgan fingerprint density at radius 1 is 1.06 bits per heavy atom. The van der Waals surface area contributed by atoms with E-state index >= 15 is 0 Å². The van der Waals surface area contributed by atoms with Crippen molar-refractivity contribution in [3.8, 4) is 5.75 Å². The van der Waals surface area contributed by atoms with Gasteiger partial charge < -0.3 is 4.74 Å². The van der Waals surface area contributed by atoms with Crippen LogP contribution >= 0.6 is 23.2 Å². The van der Waals surface area contributed by atoms with Gasteiger partial charge in [0.05, 0.1) is 5.88 Å². The standard InChI is InChI=1S/C14H11Cl2FO/c15-8-11-7-12(16)3-6-14(11)18-9-10-1-4-13(17)5-2-10/h1-7H,8-9H2. The summed E-state index contributed by atoms with van der Waals surface area (Å²) >= 11 is 11.7. The van der Waals surface area contributed by atoms with Crippen molar-refractivity contribution in [2.24, 2.45) is 0 Å². The fraction of sp³-hybridized carbons (Fsp3) is 0.143. The van der Waals surface area contributed by atoms with Gasteiger partial charge in [0.15, 0.2) is 0 Å². The van der Waals surface area contributed by atoms with Gasteiger partial charge in [0.2, 0.25) is 0 Å². The zero-order valence-corrected chi connectivity index (χ0v) is 11.0. The summed E-state index contributed by atoms with van der Waals surface area (Å²) in [5, 5.41) is 0.625. The van der Waals surface area contributed by atoms with Crippen molar-refractivity contribution in [2.45, 2.75) is 12.5 Å². The van der Waals surface area contributed by atoms with Crippen molar-refractivity contribution in [1.82, 2.24) is 0 Å². The summed E-state index contributed by atoms with van der Waals surface area (Å²) in [6.07, 6.45) is 0. The Bertz CT molecular complexity index is 526. The average molecular weight is 285 g/mol. The average Bonchev–Trinajstić information content (AvgIpc) is 2.39. The van der Waals surface area contributed by atoms with E-state index in [1.807, 2.05) is 0 Å². The molecule has 1 nitrogen and oxygen atoms in total. The van der Waals surface area contributed by atoms with Crippen LogP contribution in [0.2, 0.25) is 5.02 Å². The Kier molecular flexibility index (Phi) is 4.45. The minimum absolute atomic E-state index is 0.258. The van der Waals surface area contributed by atoms with E-state index in [-0.39, 0.29) is 5.82 Å². The van der Waals surface area contributed by atoms with Crippen LogP contribution < -0.4 is 4.74 Å². The van der Waals surface area contributed by atoms with E-state index in [0.717, 1.165) is 11.1 Å². The van der Waals surface area contributed by atoms with Crippen molar-refractivity contribution in [3.63, 3.8) is 0 Å². The second-order valence-electron chi connectivity index (χ2n) is 3.80. The zero-order valence-electron chi connectivity index (χ0n) is 9.50. The van der Waals surface area contributed by atoms with Crippen LogP contribution in [0.25, 0.3) is 0 Å². The van der Waals surface area contributed by atoms with Crippen LogP contribution in [0.1, 0.15) is 11.1 Å². The molecule has 0 spiro atoms. The van der Waals surface area contributed by atoms with Crippen molar-refractivity contribution in [1.29, 1.82) is 0 Å². The highest BCUT2D eigenvalue weighted by molar-refractivity contribution is 6.30. The molecule has 0 fully saturated rings. The van der Waals surface area contributed by atoms with Crippen LogP contribution in [-0.4, -0.2) is 0 Å². The van der Waals surface area contributed by atoms with Crippen LogP contribution in [0.15, 0.2) is 42.5 Å². The molecule has 0 bridgehead atoms. The Labute approximate surface area is 115 Å². The van der Waals surface area contributed by atoms with E-state index in [4.69, 9.17) is 27.9 Å². The quantitative estimate of drug-likeness (QED) is 0.733. The highest BCUT2D eigenvalue weighted by atomic mass is 35.5. The third-order valence-corrected chi connectivity index (χ3v) is 3.00. The Hall–Kier alpha value is -1.25. The number of benzene rings is 2. The van der Waals surface area contributed by atoms with E-state index in [1.165, 1.54) is 12.1 Å². The van der Waals surface area contributed by atoms with Gasteiger partial charge in [0.25, 0.3) is 0 Å². The number of alkyl halides is 1. The number of hydrogen-bond donors (Lipinski definition) is 0. The molecule has 0 amide bonds. The lowest BCUT2D eigenvalue weighted by Gasteiger charge is -2.10. The lowest BCUT2D eigenvalue weighted by molar-refractivity contribution is 0.303. The van der Waals surface area contributed by atoms with Gasteiger partial charge in [-0.1, -0.05) is 23.7 Å². The smallest absolute Gasteiger partial charge is 0.124 e. The molecule has 0 heterocycles. The fourth-order valence-electron chi connectivity index (χ4n) is 1.53. The van der Waals surface area contributed by atoms with Gasteiger partial charge in [-0.05, 0) is 35.9 Å². The first-order chi connectivity index (χ1) is 8.69. The molecule has 0 atom stereocenters. The number of halogens is 3. The van der Waals surface area contributed by atoms with Crippen LogP contribution in [0, 0.1) is 5.82 Å². The minimum atomic E-state index is -0.258. The van der Waals surface area contributed by atoms with Gasteiger partial charge in [-0.15, -0.1) is 11.6 Å². The van der Waals surface area contributed by atoms with Crippen LogP contribution in [0.3, 0.4) is 0 Å². The van der Waals surface area contributed by atoms with Crippen molar-refractivity contribution < 1.29 is 9.13 Å². The van der Waals surface area contributed by atoms with Crippen molar-refractivity contribution in [3.05, 3.63) is 64.4 Å². The second-order valence-corrected chi connectivity index (χ2v) is 4.50. The third-order valence-electron chi connectivity index (χ3n) is 2.47. The molecule has 0 saturated heterocycles. The molecule has 2 aromatic rings. The van der Waals surface area contributed by atoms with Gasteiger partial charge >= 0.3 is 0 Å². The van der Waals surface area contributed by atoms with Gasteiger partial charge in [-0.3, -0.25) is 0 Å². The molecule has 0 radical (unpaired) electrons. The monoisotopic (exact) mass is 284 g/mol. The molecule has 4 heteroatoms. The molecule has 18 heavy (non-hydrogen) atoms. The molecular formula is C14H11Cl2FO. The highest BCUT2D eigenvalue weighted by Crippen LogP contribution is 2.25. The highest BCUT2D eigenvalue weighted by Gasteiger charge is 2.04. The Morgan fingerprint density at radius 3 is 2.44 bits per heavy atom. The molecule has 94 valence electrons. The summed E-state index contributed by atoms with van der Waals surface area (Å²) in [5.41, 5.74) is 1.73. The lowest BCUT2D eigenvalue weighted by Crippen LogP contribution is -1.98. The molecule has 0 saturated carbocycles. The molecule has 0 aliphatic rings. The first-order valence-electron chi connectivity index (χ1n) is 5.40. The number of ether oxygens (including phenoxy) is 1. The van der Waals surface area contributed by atoms with Crippen molar-refractivity contribution in [2.75, 3.05) is 0 Å².